The van der Waals surface area contributed by atoms with E-state index in [-0.39, 0.29) is 44.7 Å². The van der Waals surface area contributed by atoms with Gasteiger partial charge in [0.15, 0.2) is 27.1 Å². The number of nitrogens with zero attached hydrogens (tertiary/aromatic N) is 10. The van der Waals surface area contributed by atoms with Crippen molar-refractivity contribution in [3.05, 3.63) is 48.5 Å². The number of fused-ring (bicyclic) bond motifs is 1. The Bertz CT molecular complexity index is 1800. The lowest BCUT2D eigenvalue weighted by molar-refractivity contribution is -0.291. The number of aromatic nitrogens is 10. The number of sulfone groups is 1. The minimum Gasteiger partial charge on any atom is -0.309 e. The standard InChI is InChI=1S/C21H15F5N10O2S/c1-3-39(37,38)14-7-11(17-32-33-34-36(17)12-5-4-6-27-10-12)9-28-16(14)19-29-13-8-15(20(22,23)21(24,25)26)30-31-18(13)35(19)2/h4-10H,3H2,1-2H3. The molecule has 5 heterocycles. The highest BCUT2D eigenvalue weighted by Crippen LogP contribution is 2.43. The number of tetrazole rings is 1. The molecule has 0 saturated heterocycles. The molecule has 5 aromatic rings. The maximum atomic E-state index is 13.8. The van der Waals surface area contributed by atoms with Crippen molar-refractivity contribution in [3.8, 4) is 28.6 Å². The van der Waals surface area contributed by atoms with Gasteiger partial charge >= 0.3 is 12.1 Å². The summed E-state index contributed by atoms with van der Waals surface area (Å²) in [7, 11) is -2.62. The number of imidazole rings is 1. The molecule has 0 unspecified atom stereocenters. The molecule has 39 heavy (non-hydrogen) atoms. The monoisotopic (exact) mass is 566 g/mol. The van der Waals surface area contributed by atoms with Crippen LogP contribution in [-0.4, -0.2) is 70.3 Å². The van der Waals surface area contributed by atoms with E-state index in [1.165, 1.54) is 41.7 Å². The van der Waals surface area contributed by atoms with Crippen molar-refractivity contribution in [2.45, 2.75) is 23.9 Å². The van der Waals surface area contributed by atoms with Gasteiger partial charge in [-0.2, -0.15) is 26.6 Å². The summed E-state index contributed by atoms with van der Waals surface area (Å²) in [4.78, 5) is 12.1. The quantitative estimate of drug-likeness (QED) is 0.281. The van der Waals surface area contributed by atoms with Gasteiger partial charge in [0.1, 0.15) is 16.9 Å². The van der Waals surface area contributed by atoms with Crippen LogP contribution in [-0.2, 0) is 22.8 Å². The molecule has 0 saturated carbocycles. The summed E-state index contributed by atoms with van der Waals surface area (Å²) < 4.78 is 94.9. The Balaban J connectivity index is 1.68. The van der Waals surface area contributed by atoms with Crippen molar-refractivity contribution in [2.24, 2.45) is 7.05 Å². The first kappa shape index (κ1) is 26.1. The van der Waals surface area contributed by atoms with Crippen LogP contribution >= 0.6 is 0 Å². The minimum atomic E-state index is -5.90. The molecule has 0 aromatic carbocycles. The van der Waals surface area contributed by atoms with E-state index in [1.54, 1.807) is 18.3 Å². The first-order valence-corrected chi connectivity index (χ1v) is 12.6. The fraction of sp³-hybridized carbons (Fsp3) is 0.238. The van der Waals surface area contributed by atoms with Crippen molar-refractivity contribution in [2.75, 3.05) is 5.75 Å². The van der Waals surface area contributed by atoms with Crippen LogP contribution in [0.1, 0.15) is 12.6 Å². The summed E-state index contributed by atoms with van der Waals surface area (Å²) in [5.41, 5.74) is -1.68. The van der Waals surface area contributed by atoms with Crippen LogP contribution in [0.4, 0.5) is 22.0 Å². The summed E-state index contributed by atoms with van der Waals surface area (Å²) in [5, 5.41) is 18.0. The molecule has 0 fully saturated rings. The van der Waals surface area contributed by atoms with E-state index in [9.17, 15) is 30.4 Å². The molecule has 0 N–H and O–H groups in total. The molecule has 202 valence electrons. The Morgan fingerprint density at radius 2 is 1.77 bits per heavy atom. The Labute approximate surface area is 215 Å². The molecule has 5 rings (SSSR count). The van der Waals surface area contributed by atoms with Gasteiger partial charge in [0.25, 0.3) is 0 Å². The Morgan fingerprint density at radius 1 is 1.00 bits per heavy atom. The van der Waals surface area contributed by atoms with Gasteiger partial charge in [-0.3, -0.25) is 9.97 Å². The summed E-state index contributed by atoms with van der Waals surface area (Å²) in [6.45, 7) is 1.40. The lowest BCUT2D eigenvalue weighted by Crippen LogP contribution is -2.34. The van der Waals surface area contributed by atoms with Gasteiger partial charge in [-0.05, 0) is 34.7 Å². The Morgan fingerprint density at radius 3 is 2.44 bits per heavy atom. The third-order valence-electron chi connectivity index (χ3n) is 5.69. The topological polar surface area (TPSA) is 147 Å². The zero-order valence-corrected chi connectivity index (χ0v) is 20.7. The first-order chi connectivity index (χ1) is 18.3. The van der Waals surface area contributed by atoms with E-state index in [0.717, 1.165) is 0 Å². The number of rotatable bonds is 6. The van der Waals surface area contributed by atoms with Crippen molar-refractivity contribution >= 4 is 21.0 Å². The SMILES string of the molecule is CCS(=O)(=O)c1cc(-c2nnnn2-c2cccnc2)cnc1-c1nc2cc(C(F)(F)C(F)(F)F)nnc2n1C. The molecule has 0 aliphatic rings. The highest BCUT2D eigenvalue weighted by molar-refractivity contribution is 7.91. The second-order valence-corrected chi connectivity index (χ2v) is 10.4. The number of pyridine rings is 2. The molecule has 0 aliphatic carbocycles. The maximum absolute atomic E-state index is 13.8. The van der Waals surface area contributed by atoms with Crippen molar-refractivity contribution in [1.29, 1.82) is 0 Å². The Kier molecular flexibility index (Phi) is 6.08. The van der Waals surface area contributed by atoms with Crippen LogP contribution in [0.5, 0.6) is 0 Å². The second-order valence-electron chi connectivity index (χ2n) is 8.10. The highest BCUT2D eigenvalue weighted by Gasteiger charge is 2.60. The summed E-state index contributed by atoms with van der Waals surface area (Å²) in [5.74, 6) is -5.63. The molecular formula is C21H15F5N10O2S. The third-order valence-corrected chi connectivity index (χ3v) is 7.43. The zero-order valence-electron chi connectivity index (χ0n) is 19.8. The molecule has 0 spiro atoms. The minimum absolute atomic E-state index is 0.143. The smallest absolute Gasteiger partial charge is 0.309 e. The normalized spacial score (nSPS) is 12.8. The number of alkyl halides is 5. The van der Waals surface area contributed by atoms with Crippen molar-refractivity contribution < 1.29 is 30.4 Å². The lowest BCUT2D eigenvalue weighted by atomic mass is 10.2. The summed E-state index contributed by atoms with van der Waals surface area (Å²) in [6, 6.07) is 5.05. The van der Waals surface area contributed by atoms with Gasteiger partial charge in [-0.15, -0.1) is 15.3 Å². The van der Waals surface area contributed by atoms with E-state index in [1.807, 2.05) is 0 Å². The van der Waals surface area contributed by atoms with E-state index in [2.05, 4.69) is 40.7 Å². The zero-order chi connectivity index (χ0) is 28.2. The van der Waals surface area contributed by atoms with Crippen LogP contribution in [0.2, 0.25) is 0 Å². The van der Waals surface area contributed by atoms with Gasteiger partial charge in [-0.25, -0.2) is 13.4 Å². The molecule has 0 bridgehead atoms. The number of halogens is 5. The highest BCUT2D eigenvalue weighted by atomic mass is 32.2. The van der Waals surface area contributed by atoms with Crippen LogP contribution in [0, 0.1) is 0 Å². The lowest BCUT2D eigenvalue weighted by Gasteiger charge is -2.17. The third kappa shape index (κ3) is 4.35. The van der Waals surface area contributed by atoms with Gasteiger partial charge in [0, 0.05) is 25.0 Å². The molecule has 18 heteroatoms. The van der Waals surface area contributed by atoms with E-state index in [0.29, 0.717) is 11.8 Å². The predicted octanol–water partition coefficient (Wildman–Crippen LogP) is 2.91. The van der Waals surface area contributed by atoms with Gasteiger partial charge in [0.05, 0.1) is 22.5 Å². The molecule has 12 nitrogen and oxygen atoms in total. The van der Waals surface area contributed by atoms with Crippen LogP contribution < -0.4 is 0 Å². The Hall–Kier alpha value is -4.48. The molecule has 0 atom stereocenters. The van der Waals surface area contributed by atoms with Crippen LogP contribution in [0.25, 0.3) is 39.8 Å². The average Bonchev–Trinajstić information content (AvgIpc) is 3.53. The number of aryl methyl sites for hydroxylation is 1. The summed E-state index contributed by atoms with van der Waals surface area (Å²) in [6.07, 6.45) is -1.60. The average molecular weight is 566 g/mol. The molecule has 0 aliphatic heterocycles. The largest absolute Gasteiger partial charge is 0.459 e. The summed E-state index contributed by atoms with van der Waals surface area (Å²) >= 11 is 0. The van der Waals surface area contributed by atoms with E-state index < -0.39 is 27.6 Å². The number of hydrogen-bond donors (Lipinski definition) is 0. The molecular weight excluding hydrogens is 551 g/mol. The van der Waals surface area contributed by atoms with Gasteiger partial charge < -0.3 is 4.57 Å². The van der Waals surface area contributed by atoms with Crippen LogP contribution in [0.15, 0.2) is 47.8 Å². The number of hydrogen-bond acceptors (Lipinski definition) is 10. The maximum Gasteiger partial charge on any atom is 0.459 e. The van der Waals surface area contributed by atoms with E-state index in [4.69, 9.17) is 0 Å². The fourth-order valence-electron chi connectivity index (χ4n) is 3.64. The van der Waals surface area contributed by atoms with Crippen LogP contribution in [0.3, 0.4) is 0 Å². The fourth-order valence-corrected chi connectivity index (χ4v) is 4.70. The molecule has 5 aromatic heterocycles. The first-order valence-electron chi connectivity index (χ1n) is 10.9. The second kappa shape index (κ2) is 9.07. The predicted molar refractivity (Wildman–Crippen MR) is 123 cm³/mol. The van der Waals surface area contributed by atoms with Gasteiger partial charge in [-0.1, -0.05) is 6.92 Å². The van der Waals surface area contributed by atoms with E-state index >= 15 is 0 Å². The van der Waals surface area contributed by atoms with Crippen molar-refractivity contribution in [3.63, 3.8) is 0 Å². The molecule has 0 radical (unpaired) electrons. The van der Waals surface area contributed by atoms with Gasteiger partial charge in [0.2, 0.25) is 0 Å². The van der Waals surface area contributed by atoms with Crippen molar-refractivity contribution in [1.82, 2.24) is 49.9 Å². The molecule has 0 amide bonds.